The molecule has 0 N–H and O–H groups in total. The van der Waals surface area contributed by atoms with Gasteiger partial charge in [-0.05, 0) is 93.2 Å². The fraction of sp³-hybridized carbons (Fsp3) is 0.960. The standard InChI is InChI=1S/C14H29N.C11H21NO2/c1-8-13(5)10-12(3,4)11-14(6,9-2)15(13)7;1-7-11(5)8(2)14-9(13)10(3,4)12(11)6/h8-11H2,1-7H3;8H,7H2,1-6H3. The van der Waals surface area contributed by atoms with Crippen LogP contribution < -0.4 is 0 Å². The van der Waals surface area contributed by atoms with Crippen LogP contribution >= 0.6 is 0 Å². The molecule has 0 aliphatic carbocycles. The maximum Gasteiger partial charge on any atom is 0.326 e. The zero-order chi connectivity index (χ0) is 23.1. The lowest BCUT2D eigenvalue weighted by Gasteiger charge is -2.59. The van der Waals surface area contributed by atoms with E-state index < -0.39 is 5.54 Å². The van der Waals surface area contributed by atoms with Crippen LogP contribution in [0.4, 0.5) is 0 Å². The van der Waals surface area contributed by atoms with Crippen LogP contribution in [0.3, 0.4) is 0 Å². The SMILES string of the molecule is CCC1(C)C(C)OC(=O)C(C)(C)N1C.CCC1(C)CC(C)(C)CC(C)(CC)N1C. The molecule has 0 spiro atoms. The van der Waals surface area contributed by atoms with Gasteiger partial charge in [-0.2, -0.15) is 0 Å². The van der Waals surface area contributed by atoms with E-state index in [-0.39, 0.29) is 17.6 Å². The molecule has 2 heterocycles. The molecular formula is C25H50N2O2. The maximum atomic E-state index is 11.7. The number of carbonyl (C=O) groups is 1. The van der Waals surface area contributed by atoms with E-state index in [4.69, 9.17) is 4.74 Å². The molecule has 2 rings (SSSR count). The van der Waals surface area contributed by atoms with Crippen LogP contribution in [0.25, 0.3) is 0 Å². The Morgan fingerprint density at radius 1 is 0.828 bits per heavy atom. The fourth-order valence-corrected chi connectivity index (χ4v) is 5.74. The first kappa shape index (κ1) is 26.4. The molecule has 2 aliphatic heterocycles. The molecule has 29 heavy (non-hydrogen) atoms. The lowest BCUT2D eigenvalue weighted by atomic mass is 9.64. The molecule has 4 nitrogen and oxygen atoms in total. The smallest absolute Gasteiger partial charge is 0.326 e. The van der Waals surface area contributed by atoms with Crippen LogP contribution in [0, 0.1) is 5.41 Å². The second-order valence-electron chi connectivity index (χ2n) is 11.7. The summed E-state index contributed by atoms with van der Waals surface area (Å²) in [5, 5.41) is 0. The quantitative estimate of drug-likeness (QED) is 0.543. The van der Waals surface area contributed by atoms with E-state index in [1.54, 1.807) is 0 Å². The van der Waals surface area contributed by atoms with E-state index in [0.29, 0.717) is 16.5 Å². The van der Waals surface area contributed by atoms with E-state index in [1.807, 2.05) is 27.8 Å². The zero-order valence-corrected chi connectivity index (χ0v) is 21.8. The van der Waals surface area contributed by atoms with Gasteiger partial charge in [-0.15, -0.1) is 0 Å². The summed E-state index contributed by atoms with van der Waals surface area (Å²) in [7, 11) is 4.32. The van der Waals surface area contributed by atoms with Crippen LogP contribution in [-0.4, -0.2) is 58.1 Å². The molecule has 4 unspecified atom stereocenters. The van der Waals surface area contributed by atoms with Crippen LogP contribution in [0.2, 0.25) is 0 Å². The first-order chi connectivity index (χ1) is 13.0. The van der Waals surface area contributed by atoms with Crippen molar-refractivity contribution in [3.05, 3.63) is 0 Å². The van der Waals surface area contributed by atoms with Crippen molar-refractivity contribution in [1.29, 1.82) is 0 Å². The van der Waals surface area contributed by atoms with Gasteiger partial charge in [0, 0.05) is 11.1 Å². The average Bonchev–Trinajstić information content (AvgIpc) is 2.63. The minimum Gasteiger partial charge on any atom is -0.459 e. The van der Waals surface area contributed by atoms with Crippen LogP contribution in [0.15, 0.2) is 0 Å². The van der Waals surface area contributed by atoms with Gasteiger partial charge in [-0.3, -0.25) is 14.6 Å². The van der Waals surface area contributed by atoms with Crippen molar-refractivity contribution in [3.8, 4) is 0 Å². The number of cyclic esters (lactones) is 1. The van der Waals surface area contributed by atoms with Gasteiger partial charge in [-0.25, -0.2) is 0 Å². The van der Waals surface area contributed by atoms with Crippen molar-refractivity contribution >= 4 is 5.97 Å². The molecule has 0 saturated carbocycles. The molecule has 0 amide bonds. The number of rotatable bonds is 3. The number of esters is 1. The molecule has 4 heteroatoms. The highest BCUT2D eigenvalue weighted by Crippen LogP contribution is 2.49. The van der Waals surface area contributed by atoms with Gasteiger partial charge in [0.2, 0.25) is 0 Å². The van der Waals surface area contributed by atoms with Crippen LogP contribution in [-0.2, 0) is 9.53 Å². The number of carbonyl (C=O) groups excluding carboxylic acids is 1. The monoisotopic (exact) mass is 410 g/mol. The first-order valence-electron chi connectivity index (χ1n) is 11.6. The second kappa shape index (κ2) is 8.49. The predicted octanol–water partition coefficient (Wildman–Crippen LogP) is 5.89. The minimum absolute atomic E-state index is 0.0435. The summed E-state index contributed by atoms with van der Waals surface area (Å²) >= 11 is 0. The Hall–Kier alpha value is -0.610. The number of likely N-dealkylation sites (N-methyl/N-ethyl adjacent to an activating group) is 1. The Balaban J connectivity index is 0.000000291. The lowest BCUT2D eigenvalue weighted by molar-refractivity contribution is -0.194. The average molecular weight is 411 g/mol. The lowest BCUT2D eigenvalue weighted by Crippen LogP contribution is -2.68. The van der Waals surface area contributed by atoms with E-state index >= 15 is 0 Å². The molecule has 0 radical (unpaired) electrons. The molecule has 172 valence electrons. The molecular weight excluding hydrogens is 360 g/mol. The highest BCUT2D eigenvalue weighted by molar-refractivity contribution is 5.81. The Bertz CT molecular complexity index is 565. The molecule has 0 bridgehead atoms. The number of hydrogen-bond donors (Lipinski definition) is 0. The van der Waals surface area contributed by atoms with Gasteiger partial charge in [0.15, 0.2) is 0 Å². The van der Waals surface area contributed by atoms with Crippen molar-refractivity contribution in [2.75, 3.05) is 14.1 Å². The van der Waals surface area contributed by atoms with Gasteiger partial charge in [0.05, 0.1) is 5.54 Å². The molecule has 0 aromatic carbocycles. The summed E-state index contributed by atoms with van der Waals surface area (Å²) < 4.78 is 5.40. The summed E-state index contributed by atoms with van der Waals surface area (Å²) in [6.07, 6.45) is 6.08. The van der Waals surface area contributed by atoms with Crippen LogP contribution in [0.1, 0.15) is 108 Å². The van der Waals surface area contributed by atoms with Crippen LogP contribution in [0.5, 0.6) is 0 Å². The normalized spacial score (nSPS) is 40.0. The number of likely N-dealkylation sites (tertiary alicyclic amines) is 1. The van der Waals surface area contributed by atoms with E-state index in [0.717, 1.165) is 6.42 Å². The summed E-state index contributed by atoms with van der Waals surface area (Å²) in [4.78, 5) is 16.5. The number of hydrogen-bond acceptors (Lipinski definition) is 4. The largest absolute Gasteiger partial charge is 0.459 e. The number of morpholine rings is 1. The summed E-state index contributed by atoms with van der Waals surface area (Å²) in [5.41, 5.74) is 0.676. The number of piperidine rings is 1. The molecule has 2 aliphatic rings. The minimum atomic E-state index is -0.517. The van der Waals surface area contributed by atoms with E-state index in [9.17, 15) is 4.79 Å². The summed E-state index contributed by atoms with van der Waals surface area (Å²) in [5.74, 6) is -0.126. The van der Waals surface area contributed by atoms with Gasteiger partial charge >= 0.3 is 5.97 Å². The Kier molecular flexibility index (Phi) is 7.74. The topological polar surface area (TPSA) is 32.8 Å². The first-order valence-corrected chi connectivity index (χ1v) is 11.6. The Morgan fingerprint density at radius 3 is 1.59 bits per heavy atom. The third-order valence-corrected chi connectivity index (χ3v) is 8.84. The van der Waals surface area contributed by atoms with Crippen molar-refractivity contribution in [3.63, 3.8) is 0 Å². The van der Waals surface area contributed by atoms with Gasteiger partial charge in [0.25, 0.3) is 0 Å². The fourth-order valence-electron chi connectivity index (χ4n) is 5.74. The molecule has 0 aromatic rings. The molecule has 0 aromatic heterocycles. The van der Waals surface area contributed by atoms with Crippen molar-refractivity contribution < 1.29 is 9.53 Å². The van der Waals surface area contributed by atoms with Gasteiger partial charge in [0.1, 0.15) is 11.6 Å². The van der Waals surface area contributed by atoms with Crippen molar-refractivity contribution in [2.45, 2.75) is 137 Å². The summed E-state index contributed by atoms with van der Waals surface area (Å²) in [6, 6.07) is 0. The second-order valence-corrected chi connectivity index (χ2v) is 11.7. The molecule has 2 fully saturated rings. The zero-order valence-electron chi connectivity index (χ0n) is 21.8. The summed E-state index contributed by atoms with van der Waals surface area (Å²) in [6.45, 7) is 24.4. The number of nitrogens with zero attached hydrogens (tertiary/aromatic N) is 2. The highest BCUT2D eigenvalue weighted by Gasteiger charge is 2.52. The predicted molar refractivity (Wildman–Crippen MR) is 124 cm³/mol. The van der Waals surface area contributed by atoms with Crippen molar-refractivity contribution in [1.82, 2.24) is 9.80 Å². The van der Waals surface area contributed by atoms with E-state index in [1.165, 1.54) is 25.7 Å². The maximum absolute atomic E-state index is 11.7. The van der Waals surface area contributed by atoms with Crippen molar-refractivity contribution in [2.24, 2.45) is 5.41 Å². The number of ether oxygens (including phenoxy) is 1. The van der Waals surface area contributed by atoms with Gasteiger partial charge < -0.3 is 4.74 Å². The highest BCUT2D eigenvalue weighted by atomic mass is 16.6. The molecule has 2 saturated heterocycles. The van der Waals surface area contributed by atoms with Gasteiger partial charge in [-0.1, -0.05) is 34.6 Å². The van der Waals surface area contributed by atoms with E-state index in [2.05, 4.69) is 72.2 Å². The Morgan fingerprint density at radius 2 is 1.24 bits per heavy atom. The third kappa shape index (κ3) is 4.84. The molecule has 4 atom stereocenters. The third-order valence-electron chi connectivity index (χ3n) is 8.84. The Labute approximate surface area is 181 Å².